The number of aromatic nitrogens is 3. The van der Waals surface area contributed by atoms with Gasteiger partial charge >= 0.3 is 6.61 Å². The largest absolute Gasteiger partial charge is 0.433 e. The fourth-order valence-corrected chi connectivity index (χ4v) is 2.41. The van der Waals surface area contributed by atoms with Crippen LogP contribution >= 0.6 is 11.6 Å². The number of benzene rings is 1. The fourth-order valence-electron chi connectivity index (χ4n) is 2.18. The molecule has 124 valence electrons. The highest BCUT2D eigenvalue weighted by Gasteiger charge is 2.11. The highest BCUT2D eigenvalue weighted by Crippen LogP contribution is 2.30. The first-order chi connectivity index (χ1) is 11.5. The molecule has 0 atom stereocenters. The summed E-state index contributed by atoms with van der Waals surface area (Å²) in [6, 6.07) is 7.56. The van der Waals surface area contributed by atoms with E-state index in [9.17, 15) is 13.2 Å². The average molecular weight is 354 g/mol. The molecule has 0 aliphatic heterocycles. The zero-order valence-corrected chi connectivity index (χ0v) is 12.9. The first kappa shape index (κ1) is 16.3. The molecule has 0 unspecified atom stereocenters. The number of halogens is 4. The highest BCUT2D eigenvalue weighted by atomic mass is 35.5. The Kier molecular flexibility index (Phi) is 4.71. The predicted octanol–water partition coefficient (Wildman–Crippen LogP) is 4.39. The Balaban J connectivity index is 1.79. The molecule has 3 rings (SSSR count). The molecule has 2 aromatic heterocycles. The van der Waals surface area contributed by atoms with E-state index in [4.69, 9.17) is 11.6 Å². The second-order valence-corrected chi connectivity index (χ2v) is 5.34. The number of ether oxygens (including phenoxy) is 1. The Labute approximate surface area is 140 Å². The number of nitrogens with zero attached hydrogens (tertiary/aromatic N) is 3. The molecule has 0 spiro atoms. The van der Waals surface area contributed by atoms with Crippen molar-refractivity contribution in [3.8, 4) is 17.0 Å². The molecule has 0 N–H and O–H groups in total. The highest BCUT2D eigenvalue weighted by molar-refractivity contribution is 6.32. The summed E-state index contributed by atoms with van der Waals surface area (Å²) in [6.45, 7) is -2.59. The van der Waals surface area contributed by atoms with Crippen molar-refractivity contribution < 1.29 is 17.9 Å². The van der Waals surface area contributed by atoms with Crippen molar-refractivity contribution in [2.75, 3.05) is 0 Å². The number of hydrogen-bond donors (Lipinski definition) is 0. The number of alkyl halides is 2. The normalized spacial score (nSPS) is 11.0. The van der Waals surface area contributed by atoms with Crippen LogP contribution in [0.1, 0.15) is 5.56 Å². The van der Waals surface area contributed by atoms with Crippen molar-refractivity contribution >= 4 is 11.6 Å². The van der Waals surface area contributed by atoms with Crippen molar-refractivity contribution in [2.45, 2.75) is 13.2 Å². The number of rotatable bonds is 5. The second-order valence-electron chi connectivity index (χ2n) is 4.93. The van der Waals surface area contributed by atoms with Gasteiger partial charge in [0.2, 0.25) is 0 Å². The van der Waals surface area contributed by atoms with Gasteiger partial charge in [-0.15, -0.1) is 0 Å². The van der Waals surface area contributed by atoms with E-state index < -0.39 is 12.4 Å². The topological polar surface area (TPSA) is 39.9 Å². The van der Waals surface area contributed by atoms with Crippen LogP contribution in [0.3, 0.4) is 0 Å². The van der Waals surface area contributed by atoms with Crippen molar-refractivity contribution in [2.24, 2.45) is 0 Å². The lowest BCUT2D eigenvalue weighted by atomic mass is 10.1. The van der Waals surface area contributed by atoms with Crippen LogP contribution in [-0.2, 0) is 6.54 Å². The molecule has 2 heterocycles. The van der Waals surface area contributed by atoms with Gasteiger partial charge in [0.05, 0.1) is 23.5 Å². The van der Waals surface area contributed by atoms with Crippen LogP contribution in [0.2, 0.25) is 5.02 Å². The smallest absolute Gasteiger partial charge is 0.387 e. The standard InChI is InChI=1S/C16H11ClF3N3O/c17-13-6-11(1-2-15(13)24-16(19)20)14-3-4-23(22-14)9-10-5-12(18)8-21-7-10/h1-8,16H,9H2. The number of hydrogen-bond acceptors (Lipinski definition) is 3. The molecular weight excluding hydrogens is 343 g/mol. The Morgan fingerprint density at radius 3 is 2.71 bits per heavy atom. The van der Waals surface area contributed by atoms with Gasteiger partial charge in [-0.3, -0.25) is 9.67 Å². The molecule has 24 heavy (non-hydrogen) atoms. The summed E-state index contributed by atoms with van der Waals surface area (Å²) in [7, 11) is 0. The second kappa shape index (κ2) is 6.92. The van der Waals surface area contributed by atoms with Crippen LogP contribution < -0.4 is 4.74 Å². The van der Waals surface area contributed by atoms with Gasteiger partial charge in [0, 0.05) is 18.0 Å². The van der Waals surface area contributed by atoms with Gasteiger partial charge < -0.3 is 4.74 Å². The van der Waals surface area contributed by atoms with Gasteiger partial charge in [0.25, 0.3) is 0 Å². The number of pyridine rings is 1. The van der Waals surface area contributed by atoms with E-state index in [1.54, 1.807) is 29.2 Å². The first-order valence-electron chi connectivity index (χ1n) is 6.89. The molecule has 1 aromatic carbocycles. The van der Waals surface area contributed by atoms with Crippen molar-refractivity contribution in [3.05, 3.63) is 65.3 Å². The van der Waals surface area contributed by atoms with Crippen LogP contribution in [0.25, 0.3) is 11.3 Å². The molecule has 0 bridgehead atoms. The van der Waals surface area contributed by atoms with Gasteiger partial charge in [-0.05, 0) is 35.9 Å². The molecule has 0 aliphatic carbocycles. The third kappa shape index (κ3) is 3.86. The minimum absolute atomic E-state index is 0.0664. The van der Waals surface area contributed by atoms with E-state index in [0.717, 1.165) is 6.20 Å². The fraction of sp³-hybridized carbons (Fsp3) is 0.125. The molecule has 8 heteroatoms. The maximum atomic E-state index is 13.1. The minimum atomic E-state index is -2.94. The molecule has 0 fully saturated rings. The summed E-state index contributed by atoms with van der Waals surface area (Å²) < 4.78 is 43.5. The quantitative estimate of drug-likeness (QED) is 0.683. The lowest BCUT2D eigenvalue weighted by Gasteiger charge is -2.07. The zero-order valence-electron chi connectivity index (χ0n) is 12.2. The van der Waals surface area contributed by atoms with E-state index in [0.29, 0.717) is 23.4 Å². The van der Waals surface area contributed by atoms with Crippen molar-refractivity contribution in [1.29, 1.82) is 0 Å². The van der Waals surface area contributed by atoms with Crippen molar-refractivity contribution in [3.63, 3.8) is 0 Å². The van der Waals surface area contributed by atoms with Crippen LogP contribution in [0.5, 0.6) is 5.75 Å². The summed E-state index contributed by atoms with van der Waals surface area (Å²) in [5.74, 6) is -0.512. The van der Waals surface area contributed by atoms with Crippen LogP contribution in [0, 0.1) is 5.82 Å². The molecule has 0 saturated carbocycles. The van der Waals surface area contributed by atoms with Crippen molar-refractivity contribution in [1.82, 2.24) is 14.8 Å². The Morgan fingerprint density at radius 2 is 2.00 bits per heavy atom. The lowest BCUT2D eigenvalue weighted by molar-refractivity contribution is -0.0497. The van der Waals surface area contributed by atoms with Gasteiger partial charge in [0.15, 0.2) is 0 Å². The third-order valence-electron chi connectivity index (χ3n) is 3.19. The van der Waals surface area contributed by atoms with E-state index >= 15 is 0 Å². The molecule has 0 amide bonds. The van der Waals surface area contributed by atoms with E-state index in [1.807, 2.05) is 0 Å². The first-order valence-corrected chi connectivity index (χ1v) is 7.26. The van der Waals surface area contributed by atoms with Crippen LogP contribution in [-0.4, -0.2) is 21.4 Å². The van der Waals surface area contributed by atoms with Gasteiger partial charge in [-0.25, -0.2) is 4.39 Å². The molecule has 3 aromatic rings. The Morgan fingerprint density at radius 1 is 1.17 bits per heavy atom. The summed E-state index contributed by atoms with van der Waals surface area (Å²) in [5.41, 5.74) is 1.92. The third-order valence-corrected chi connectivity index (χ3v) is 3.49. The van der Waals surface area contributed by atoms with E-state index in [-0.39, 0.29) is 10.8 Å². The average Bonchev–Trinajstić information content (AvgIpc) is 2.97. The van der Waals surface area contributed by atoms with E-state index in [2.05, 4.69) is 14.8 Å². The maximum Gasteiger partial charge on any atom is 0.387 e. The van der Waals surface area contributed by atoms with Crippen LogP contribution in [0.4, 0.5) is 13.2 Å². The molecule has 0 radical (unpaired) electrons. The molecule has 4 nitrogen and oxygen atoms in total. The SMILES string of the molecule is Fc1cncc(Cn2ccc(-c3ccc(OC(F)F)c(Cl)c3)n2)c1. The van der Waals surface area contributed by atoms with E-state index in [1.165, 1.54) is 18.2 Å². The van der Waals surface area contributed by atoms with Gasteiger partial charge in [-0.1, -0.05) is 11.6 Å². The maximum absolute atomic E-state index is 13.1. The summed E-state index contributed by atoms with van der Waals surface area (Å²) in [4.78, 5) is 3.78. The van der Waals surface area contributed by atoms with Crippen LogP contribution in [0.15, 0.2) is 48.9 Å². The Hall–Kier alpha value is -2.54. The molecular formula is C16H11ClF3N3O. The molecule has 0 aliphatic rings. The summed E-state index contributed by atoms with van der Waals surface area (Å²) in [5, 5.41) is 4.42. The molecule has 0 saturated heterocycles. The zero-order chi connectivity index (χ0) is 17.1. The summed E-state index contributed by atoms with van der Waals surface area (Å²) >= 11 is 5.93. The monoisotopic (exact) mass is 353 g/mol. The van der Waals surface area contributed by atoms with Gasteiger partial charge in [-0.2, -0.15) is 13.9 Å². The predicted molar refractivity (Wildman–Crippen MR) is 82.6 cm³/mol. The Bertz CT molecular complexity index is 854. The van der Waals surface area contributed by atoms with Gasteiger partial charge in [0.1, 0.15) is 11.6 Å². The summed E-state index contributed by atoms with van der Waals surface area (Å²) in [6.07, 6.45) is 4.40. The minimum Gasteiger partial charge on any atom is -0.433 e. The lowest BCUT2D eigenvalue weighted by Crippen LogP contribution is -2.02.